The fourth-order valence-electron chi connectivity index (χ4n) is 2.44. The van der Waals surface area contributed by atoms with Crippen molar-refractivity contribution in [3.63, 3.8) is 0 Å². The number of amides is 1. The zero-order valence-electron chi connectivity index (χ0n) is 11.6. The van der Waals surface area contributed by atoms with Crippen molar-refractivity contribution in [1.29, 1.82) is 0 Å². The minimum atomic E-state index is 0.0293. The number of hydrogen-bond donors (Lipinski definition) is 1. The monoisotopic (exact) mass is 250 g/mol. The standard InChI is InChI=1S/C13H22N4O/c1-9(2)17(4)13(18)12-7-14-6-11(12)10-5-15-16(3)8-10/h5,8-9,11-12,14H,6-7H2,1-4H3/t11-,12+/m1/s1. The van der Waals surface area contributed by atoms with Crippen molar-refractivity contribution in [2.75, 3.05) is 20.1 Å². The van der Waals surface area contributed by atoms with Crippen LogP contribution in [0.15, 0.2) is 12.4 Å². The van der Waals surface area contributed by atoms with E-state index in [4.69, 9.17) is 0 Å². The van der Waals surface area contributed by atoms with Crippen molar-refractivity contribution in [3.05, 3.63) is 18.0 Å². The van der Waals surface area contributed by atoms with Crippen molar-refractivity contribution < 1.29 is 4.79 Å². The third kappa shape index (κ3) is 2.41. The van der Waals surface area contributed by atoms with Crippen molar-refractivity contribution in [2.24, 2.45) is 13.0 Å². The van der Waals surface area contributed by atoms with Gasteiger partial charge in [0.25, 0.3) is 0 Å². The summed E-state index contributed by atoms with van der Waals surface area (Å²) in [5, 5.41) is 7.52. The minimum absolute atomic E-state index is 0.0293. The van der Waals surface area contributed by atoms with E-state index >= 15 is 0 Å². The van der Waals surface area contributed by atoms with Gasteiger partial charge in [-0.1, -0.05) is 0 Å². The van der Waals surface area contributed by atoms with Gasteiger partial charge in [0, 0.05) is 45.3 Å². The number of carbonyl (C=O) groups is 1. The van der Waals surface area contributed by atoms with Crippen LogP contribution in [0.1, 0.15) is 25.3 Å². The molecule has 1 amide bonds. The van der Waals surface area contributed by atoms with Gasteiger partial charge in [0.1, 0.15) is 0 Å². The zero-order valence-corrected chi connectivity index (χ0v) is 11.6. The maximum atomic E-state index is 12.4. The Morgan fingerprint density at radius 2 is 2.28 bits per heavy atom. The molecular formula is C13H22N4O. The average Bonchev–Trinajstić information content (AvgIpc) is 2.94. The Hall–Kier alpha value is -1.36. The Morgan fingerprint density at radius 1 is 1.56 bits per heavy atom. The van der Waals surface area contributed by atoms with E-state index in [2.05, 4.69) is 10.4 Å². The summed E-state index contributed by atoms with van der Waals surface area (Å²) < 4.78 is 1.79. The number of hydrogen-bond acceptors (Lipinski definition) is 3. The Morgan fingerprint density at radius 3 is 2.83 bits per heavy atom. The molecular weight excluding hydrogens is 228 g/mol. The largest absolute Gasteiger partial charge is 0.343 e. The summed E-state index contributed by atoms with van der Waals surface area (Å²) in [5.74, 6) is 0.498. The van der Waals surface area contributed by atoms with E-state index in [0.29, 0.717) is 0 Å². The lowest BCUT2D eigenvalue weighted by atomic mass is 9.89. The van der Waals surface area contributed by atoms with Crippen LogP contribution in [0.3, 0.4) is 0 Å². The van der Waals surface area contributed by atoms with E-state index in [0.717, 1.165) is 18.7 Å². The maximum Gasteiger partial charge on any atom is 0.227 e. The van der Waals surface area contributed by atoms with Crippen molar-refractivity contribution >= 4 is 5.91 Å². The smallest absolute Gasteiger partial charge is 0.227 e. The van der Waals surface area contributed by atoms with Gasteiger partial charge in [0.05, 0.1) is 12.1 Å². The van der Waals surface area contributed by atoms with Gasteiger partial charge < -0.3 is 10.2 Å². The molecule has 0 bridgehead atoms. The first-order valence-electron chi connectivity index (χ1n) is 6.46. The molecule has 0 spiro atoms. The van der Waals surface area contributed by atoms with E-state index in [-0.39, 0.29) is 23.8 Å². The normalized spacial score (nSPS) is 23.6. The van der Waals surface area contributed by atoms with Crippen molar-refractivity contribution in [3.8, 4) is 0 Å². The molecule has 0 aliphatic carbocycles. The molecule has 1 saturated heterocycles. The third-order valence-electron chi connectivity index (χ3n) is 3.81. The van der Waals surface area contributed by atoms with Crippen molar-refractivity contribution in [1.82, 2.24) is 20.0 Å². The molecule has 1 aliphatic rings. The fraction of sp³-hybridized carbons (Fsp3) is 0.692. The number of aromatic nitrogens is 2. The van der Waals surface area contributed by atoms with Crippen LogP contribution in [0.25, 0.3) is 0 Å². The van der Waals surface area contributed by atoms with Gasteiger partial charge >= 0.3 is 0 Å². The Kier molecular flexibility index (Phi) is 3.71. The molecule has 0 aromatic carbocycles. The number of carbonyl (C=O) groups excluding carboxylic acids is 1. The van der Waals surface area contributed by atoms with Gasteiger partial charge in [-0.3, -0.25) is 9.48 Å². The molecule has 1 aromatic heterocycles. The minimum Gasteiger partial charge on any atom is -0.343 e. The first-order chi connectivity index (χ1) is 8.50. The van der Waals surface area contributed by atoms with E-state index in [1.165, 1.54) is 0 Å². The fourth-order valence-corrected chi connectivity index (χ4v) is 2.44. The Labute approximate surface area is 108 Å². The molecule has 5 nitrogen and oxygen atoms in total. The molecule has 0 saturated carbocycles. The molecule has 5 heteroatoms. The van der Waals surface area contributed by atoms with Gasteiger partial charge in [-0.2, -0.15) is 5.10 Å². The van der Waals surface area contributed by atoms with Crippen LogP contribution in [0, 0.1) is 5.92 Å². The van der Waals surface area contributed by atoms with Gasteiger partial charge in [-0.25, -0.2) is 0 Å². The summed E-state index contributed by atoms with van der Waals surface area (Å²) in [6.07, 6.45) is 3.88. The van der Waals surface area contributed by atoms with E-state index < -0.39 is 0 Å². The van der Waals surface area contributed by atoms with Crippen LogP contribution in [0.5, 0.6) is 0 Å². The summed E-state index contributed by atoms with van der Waals surface area (Å²) in [5.41, 5.74) is 1.15. The molecule has 1 aromatic rings. The average molecular weight is 250 g/mol. The molecule has 2 atom stereocenters. The van der Waals surface area contributed by atoms with Crippen molar-refractivity contribution in [2.45, 2.75) is 25.8 Å². The number of nitrogens with zero attached hydrogens (tertiary/aromatic N) is 3. The van der Waals surface area contributed by atoms with Crippen LogP contribution in [0.4, 0.5) is 0 Å². The van der Waals surface area contributed by atoms with Crippen LogP contribution in [0.2, 0.25) is 0 Å². The zero-order chi connectivity index (χ0) is 13.3. The first-order valence-corrected chi connectivity index (χ1v) is 6.46. The maximum absolute atomic E-state index is 12.4. The highest BCUT2D eigenvalue weighted by atomic mass is 16.2. The van der Waals surface area contributed by atoms with Crippen LogP contribution >= 0.6 is 0 Å². The number of nitrogens with one attached hydrogen (secondary N) is 1. The van der Waals surface area contributed by atoms with Crippen LogP contribution in [-0.4, -0.2) is 46.8 Å². The highest BCUT2D eigenvalue weighted by Crippen LogP contribution is 2.29. The third-order valence-corrected chi connectivity index (χ3v) is 3.81. The van der Waals surface area contributed by atoms with Crippen LogP contribution < -0.4 is 5.32 Å². The molecule has 1 fully saturated rings. The van der Waals surface area contributed by atoms with E-state index in [9.17, 15) is 4.79 Å². The molecule has 0 radical (unpaired) electrons. The summed E-state index contributed by atoms with van der Waals surface area (Å²) in [6.45, 7) is 5.70. The lowest BCUT2D eigenvalue weighted by molar-refractivity contribution is -0.135. The molecule has 18 heavy (non-hydrogen) atoms. The summed E-state index contributed by atoms with van der Waals surface area (Å²) in [7, 11) is 3.79. The lowest BCUT2D eigenvalue weighted by Crippen LogP contribution is -2.40. The highest BCUT2D eigenvalue weighted by molar-refractivity contribution is 5.80. The molecule has 1 N–H and O–H groups in total. The Balaban J connectivity index is 2.15. The predicted molar refractivity (Wildman–Crippen MR) is 70.2 cm³/mol. The molecule has 2 heterocycles. The number of rotatable bonds is 3. The van der Waals surface area contributed by atoms with Gasteiger partial charge in [0.15, 0.2) is 0 Å². The lowest BCUT2D eigenvalue weighted by Gasteiger charge is -2.27. The first kappa shape index (κ1) is 13.1. The van der Waals surface area contributed by atoms with Gasteiger partial charge in [-0.15, -0.1) is 0 Å². The summed E-state index contributed by atoms with van der Waals surface area (Å²) in [6, 6.07) is 0.243. The quantitative estimate of drug-likeness (QED) is 0.854. The highest BCUT2D eigenvalue weighted by Gasteiger charge is 2.36. The second kappa shape index (κ2) is 5.10. The topological polar surface area (TPSA) is 50.2 Å². The molecule has 100 valence electrons. The predicted octanol–water partition coefficient (Wildman–Crippen LogP) is 0.590. The second-order valence-corrected chi connectivity index (χ2v) is 5.36. The van der Waals surface area contributed by atoms with E-state index in [1.807, 2.05) is 45.2 Å². The molecule has 0 unspecified atom stereocenters. The van der Waals surface area contributed by atoms with Crippen LogP contribution in [-0.2, 0) is 11.8 Å². The SMILES string of the molecule is CC(C)N(C)C(=O)[C@H]1CNC[C@@H]1c1cnn(C)c1. The van der Waals surface area contributed by atoms with Gasteiger partial charge in [0.2, 0.25) is 5.91 Å². The Bertz CT molecular complexity index is 426. The summed E-state index contributed by atoms with van der Waals surface area (Å²) in [4.78, 5) is 14.3. The number of aryl methyl sites for hydroxylation is 1. The molecule has 2 rings (SSSR count). The van der Waals surface area contributed by atoms with E-state index in [1.54, 1.807) is 4.68 Å². The molecule has 1 aliphatic heterocycles. The summed E-state index contributed by atoms with van der Waals surface area (Å²) >= 11 is 0. The van der Waals surface area contributed by atoms with Gasteiger partial charge in [-0.05, 0) is 19.4 Å². The second-order valence-electron chi connectivity index (χ2n) is 5.36.